The quantitative estimate of drug-likeness (QED) is 0.318. The van der Waals surface area contributed by atoms with Crippen molar-refractivity contribution in [3.05, 3.63) is 29.8 Å². The molecule has 1 aromatic rings. The van der Waals surface area contributed by atoms with Gasteiger partial charge in [0.2, 0.25) is 0 Å². The summed E-state index contributed by atoms with van der Waals surface area (Å²) in [5, 5.41) is 0. The fraction of sp³-hybridized carbons (Fsp3) is 0.667. The van der Waals surface area contributed by atoms with Gasteiger partial charge >= 0.3 is 29.6 Å². The van der Waals surface area contributed by atoms with Crippen molar-refractivity contribution in [1.82, 2.24) is 0 Å². The summed E-state index contributed by atoms with van der Waals surface area (Å²) in [7, 11) is -3.62. The predicted molar refractivity (Wildman–Crippen MR) is 98.7 cm³/mol. The van der Waals surface area contributed by atoms with Crippen molar-refractivity contribution in [1.29, 1.82) is 0 Å². The molecule has 0 aliphatic heterocycles. The van der Waals surface area contributed by atoms with Crippen LogP contribution in [0.3, 0.4) is 0 Å². The Morgan fingerprint density at radius 2 is 1.48 bits per heavy atom. The van der Waals surface area contributed by atoms with Crippen LogP contribution in [0.4, 0.5) is 0 Å². The van der Waals surface area contributed by atoms with Gasteiger partial charge in [0.15, 0.2) is 0 Å². The van der Waals surface area contributed by atoms with E-state index in [1.165, 1.54) is 19.3 Å². The standard InChI is InChI=1S/C18H30O3S.Na.H/c1-3-5-7-8-9-12-16-21-22(19,20)18-15-11-10-14-17(18)13-6-4-2;;/h10-11,14-15H,3-9,12-13,16H2,1-2H3;;. The van der Waals surface area contributed by atoms with Crippen LogP contribution in [0.1, 0.15) is 70.8 Å². The van der Waals surface area contributed by atoms with Gasteiger partial charge in [-0.3, -0.25) is 4.18 Å². The predicted octanol–water partition coefficient (Wildman–Crippen LogP) is 4.45. The number of unbranched alkanes of at least 4 members (excludes halogenated alkanes) is 6. The fourth-order valence-electron chi connectivity index (χ4n) is 2.44. The molecule has 0 fully saturated rings. The van der Waals surface area contributed by atoms with Gasteiger partial charge in [-0.25, -0.2) is 0 Å². The van der Waals surface area contributed by atoms with Crippen LogP contribution in [0.25, 0.3) is 0 Å². The SMILES string of the molecule is CCCCCCCCOS(=O)(=O)c1ccccc1CCCC.[NaH]. The van der Waals surface area contributed by atoms with Crippen molar-refractivity contribution in [2.75, 3.05) is 6.61 Å². The third-order valence-corrected chi connectivity index (χ3v) is 5.19. The van der Waals surface area contributed by atoms with Crippen molar-refractivity contribution >= 4 is 39.7 Å². The van der Waals surface area contributed by atoms with E-state index in [0.29, 0.717) is 4.90 Å². The molecule has 23 heavy (non-hydrogen) atoms. The zero-order chi connectivity index (χ0) is 16.3. The number of rotatable bonds is 12. The molecule has 0 heterocycles. The van der Waals surface area contributed by atoms with E-state index in [0.717, 1.165) is 44.1 Å². The molecular formula is C18H31NaO3S. The Bertz CT molecular complexity index is 515. The van der Waals surface area contributed by atoms with Gasteiger partial charge in [-0.15, -0.1) is 0 Å². The van der Waals surface area contributed by atoms with Crippen molar-refractivity contribution in [3.63, 3.8) is 0 Å². The topological polar surface area (TPSA) is 43.4 Å². The molecule has 0 atom stereocenters. The summed E-state index contributed by atoms with van der Waals surface area (Å²) in [6.45, 7) is 4.58. The van der Waals surface area contributed by atoms with Crippen molar-refractivity contribution in [2.45, 2.75) is 76.5 Å². The Morgan fingerprint density at radius 1 is 0.870 bits per heavy atom. The Hall–Kier alpha value is 0.130. The Labute approximate surface area is 164 Å². The third-order valence-electron chi connectivity index (χ3n) is 3.78. The number of hydrogen-bond donors (Lipinski definition) is 0. The normalized spacial score (nSPS) is 11.2. The summed E-state index contributed by atoms with van der Waals surface area (Å²) in [5.41, 5.74) is 0.868. The van der Waals surface area contributed by atoms with Gasteiger partial charge in [0.1, 0.15) is 0 Å². The van der Waals surface area contributed by atoms with E-state index in [1.807, 2.05) is 12.1 Å². The van der Waals surface area contributed by atoms with E-state index < -0.39 is 10.1 Å². The van der Waals surface area contributed by atoms with E-state index in [2.05, 4.69) is 13.8 Å². The molecule has 0 N–H and O–H groups in total. The molecule has 1 rings (SSSR count). The van der Waals surface area contributed by atoms with Crippen LogP contribution < -0.4 is 0 Å². The van der Waals surface area contributed by atoms with Crippen molar-refractivity contribution in [3.8, 4) is 0 Å². The van der Waals surface area contributed by atoms with E-state index in [1.54, 1.807) is 12.1 Å². The summed E-state index contributed by atoms with van der Waals surface area (Å²) >= 11 is 0. The third kappa shape index (κ3) is 9.25. The molecule has 0 unspecified atom stereocenters. The van der Waals surface area contributed by atoms with Crippen LogP contribution in [0.5, 0.6) is 0 Å². The zero-order valence-electron chi connectivity index (χ0n) is 14.0. The second kappa shape index (κ2) is 13.4. The number of benzene rings is 1. The molecule has 0 radical (unpaired) electrons. The molecule has 0 saturated heterocycles. The Kier molecular flexibility index (Phi) is 13.5. The van der Waals surface area contributed by atoms with Gasteiger partial charge < -0.3 is 0 Å². The van der Waals surface area contributed by atoms with Crippen molar-refractivity contribution < 1.29 is 12.6 Å². The average Bonchev–Trinajstić information content (AvgIpc) is 2.52. The molecular weight excluding hydrogens is 319 g/mol. The average molecular weight is 351 g/mol. The van der Waals surface area contributed by atoms with Gasteiger partial charge in [0.05, 0.1) is 11.5 Å². The van der Waals surface area contributed by atoms with E-state index >= 15 is 0 Å². The van der Waals surface area contributed by atoms with Gasteiger partial charge in [-0.05, 0) is 30.9 Å². The molecule has 0 aromatic heterocycles. The summed E-state index contributed by atoms with van der Waals surface area (Å²) < 4.78 is 29.9. The van der Waals surface area contributed by atoms with Gasteiger partial charge in [-0.2, -0.15) is 8.42 Å². The summed E-state index contributed by atoms with van der Waals surface area (Å²) in [6.07, 6.45) is 9.52. The van der Waals surface area contributed by atoms with Crippen LogP contribution in [0.15, 0.2) is 29.2 Å². The van der Waals surface area contributed by atoms with Crippen LogP contribution in [-0.4, -0.2) is 44.6 Å². The number of aryl methyl sites for hydroxylation is 1. The Morgan fingerprint density at radius 3 is 2.17 bits per heavy atom. The van der Waals surface area contributed by atoms with Crippen LogP contribution in [0.2, 0.25) is 0 Å². The molecule has 0 saturated carbocycles. The first kappa shape index (κ1) is 23.1. The summed E-state index contributed by atoms with van der Waals surface area (Å²) in [5.74, 6) is 0. The second-order valence-electron chi connectivity index (χ2n) is 5.76. The maximum atomic E-state index is 12.3. The molecule has 0 bridgehead atoms. The first-order valence-corrected chi connectivity index (χ1v) is 10.00. The van der Waals surface area contributed by atoms with E-state index in [9.17, 15) is 8.42 Å². The van der Waals surface area contributed by atoms with E-state index in [-0.39, 0.29) is 36.2 Å². The summed E-state index contributed by atoms with van der Waals surface area (Å²) in [4.78, 5) is 0.342. The molecule has 3 nitrogen and oxygen atoms in total. The van der Waals surface area contributed by atoms with Crippen LogP contribution in [-0.2, 0) is 20.7 Å². The minimum absolute atomic E-state index is 0. The first-order chi connectivity index (χ1) is 10.6. The second-order valence-corrected chi connectivity index (χ2v) is 7.34. The molecule has 0 aliphatic rings. The van der Waals surface area contributed by atoms with Crippen LogP contribution in [0, 0.1) is 0 Å². The van der Waals surface area contributed by atoms with Gasteiger partial charge in [-0.1, -0.05) is 70.6 Å². The van der Waals surface area contributed by atoms with Gasteiger partial charge in [0, 0.05) is 0 Å². The fourth-order valence-corrected chi connectivity index (χ4v) is 3.64. The van der Waals surface area contributed by atoms with Crippen LogP contribution >= 0.6 is 0 Å². The van der Waals surface area contributed by atoms with E-state index in [4.69, 9.17) is 4.18 Å². The monoisotopic (exact) mass is 350 g/mol. The first-order valence-electron chi connectivity index (χ1n) is 8.59. The molecule has 1 aromatic carbocycles. The van der Waals surface area contributed by atoms with Gasteiger partial charge in [0.25, 0.3) is 10.1 Å². The maximum absolute atomic E-state index is 12.3. The number of hydrogen-bond acceptors (Lipinski definition) is 3. The Balaban J connectivity index is 0.00000484. The van der Waals surface area contributed by atoms with Crippen molar-refractivity contribution in [2.24, 2.45) is 0 Å². The molecule has 0 aliphatic carbocycles. The summed E-state index contributed by atoms with van der Waals surface area (Å²) in [6, 6.07) is 7.19. The minimum atomic E-state index is -3.62. The molecule has 0 spiro atoms. The molecule has 5 heteroatoms. The molecule has 0 amide bonds. The zero-order valence-corrected chi connectivity index (χ0v) is 14.8. The molecule has 128 valence electrons.